The normalized spacial score (nSPS) is 30.3. The van der Waals surface area contributed by atoms with E-state index < -0.39 is 0 Å². The fourth-order valence-corrected chi connectivity index (χ4v) is 4.90. The van der Waals surface area contributed by atoms with E-state index in [2.05, 4.69) is 52.2 Å². The van der Waals surface area contributed by atoms with Crippen LogP contribution in [0.1, 0.15) is 93.9 Å². The monoisotopic (exact) mass is 396 g/mol. The molecule has 0 saturated carbocycles. The summed E-state index contributed by atoms with van der Waals surface area (Å²) < 4.78 is 11.4. The van der Waals surface area contributed by atoms with E-state index in [1.165, 1.54) is 0 Å². The van der Waals surface area contributed by atoms with Crippen molar-refractivity contribution in [1.29, 1.82) is 0 Å². The quantitative estimate of drug-likeness (QED) is 0.693. The van der Waals surface area contributed by atoms with Crippen LogP contribution in [-0.4, -0.2) is 46.3 Å². The molecule has 2 fully saturated rings. The Balaban J connectivity index is 1.80. The second kappa shape index (κ2) is 7.94. The van der Waals surface area contributed by atoms with Crippen LogP contribution in [0.4, 0.5) is 0 Å². The van der Waals surface area contributed by atoms with Crippen LogP contribution in [0, 0.1) is 0 Å². The summed E-state index contributed by atoms with van der Waals surface area (Å²) in [4.78, 5) is 24.6. The van der Waals surface area contributed by atoms with Crippen molar-refractivity contribution in [1.82, 2.24) is 10.6 Å². The van der Waals surface area contributed by atoms with Gasteiger partial charge in [-0.3, -0.25) is 9.59 Å². The smallest absolute Gasteiger partial charge is 0.306 e. The van der Waals surface area contributed by atoms with Crippen LogP contribution in [0.25, 0.3) is 0 Å². The molecule has 0 aliphatic carbocycles. The van der Waals surface area contributed by atoms with E-state index in [-0.39, 0.29) is 59.1 Å². The minimum Gasteiger partial charge on any atom is -0.462 e. The molecule has 2 aliphatic heterocycles. The predicted octanol–water partition coefficient (Wildman–Crippen LogP) is 3.47. The zero-order chi connectivity index (χ0) is 21.4. The van der Waals surface area contributed by atoms with Crippen molar-refractivity contribution in [3.63, 3.8) is 0 Å². The van der Waals surface area contributed by atoms with Gasteiger partial charge >= 0.3 is 11.9 Å². The van der Waals surface area contributed by atoms with Crippen LogP contribution >= 0.6 is 0 Å². The number of nitrogens with one attached hydrogen (secondary N) is 2. The number of ether oxygens (including phenoxy) is 2. The first-order chi connectivity index (χ1) is 12.6. The minimum absolute atomic E-state index is 0.0182. The Kier molecular flexibility index (Phi) is 6.56. The number of carbonyl (C=O) groups is 2. The fraction of sp³-hybridized carbons (Fsp3) is 0.909. The Bertz CT molecular complexity index is 595. The van der Waals surface area contributed by atoms with E-state index in [1.54, 1.807) is 0 Å². The highest BCUT2D eigenvalue weighted by molar-refractivity contribution is 5.77. The van der Waals surface area contributed by atoms with Crippen LogP contribution in [0.2, 0.25) is 0 Å². The average molecular weight is 397 g/mol. The highest BCUT2D eigenvalue weighted by atomic mass is 16.6. The summed E-state index contributed by atoms with van der Waals surface area (Å²) >= 11 is 0. The van der Waals surface area contributed by atoms with Gasteiger partial charge in [0.2, 0.25) is 0 Å². The molecule has 0 aromatic heterocycles. The molecule has 6 nitrogen and oxygen atoms in total. The van der Waals surface area contributed by atoms with Gasteiger partial charge in [-0.15, -0.1) is 0 Å². The largest absolute Gasteiger partial charge is 0.462 e. The van der Waals surface area contributed by atoms with E-state index in [0.29, 0.717) is 0 Å². The first kappa shape index (κ1) is 23.1. The molecule has 28 heavy (non-hydrogen) atoms. The molecule has 0 aromatic carbocycles. The SMILES string of the molecule is CC1(C)CCC(OC(=O)CCC(=O)OC2CC(C)(C)NC2(C)C)CC(C)(C)N1. The molecule has 2 aliphatic rings. The van der Waals surface area contributed by atoms with E-state index in [0.717, 1.165) is 25.7 Å². The summed E-state index contributed by atoms with van der Waals surface area (Å²) in [6.07, 6.45) is 3.11. The molecule has 0 radical (unpaired) electrons. The summed E-state index contributed by atoms with van der Waals surface area (Å²) in [6, 6.07) is 0. The standard InChI is InChI=1S/C22H40N2O4/c1-19(2)12-11-15(13-20(3,4)23-19)27-17(25)9-10-18(26)28-16-14-21(5,6)24-22(16,7)8/h15-16,23-24H,9-14H2,1-8H3. The second-order valence-corrected chi connectivity index (χ2v) is 11.2. The Morgan fingerprint density at radius 2 is 1.32 bits per heavy atom. The number of rotatable bonds is 5. The lowest BCUT2D eigenvalue weighted by molar-refractivity contribution is -0.157. The van der Waals surface area contributed by atoms with Crippen molar-refractivity contribution < 1.29 is 19.1 Å². The van der Waals surface area contributed by atoms with Crippen molar-refractivity contribution in [2.24, 2.45) is 0 Å². The maximum absolute atomic E-state index is 12.3. The lowest BCUT2D eigenvalue weighted by atomic mass is 9.96. The highest BCUT2D eigenvalue weighted by Crippen LogP contribution is 2.33. The van der Waals surface area contributed by atoms with Crippen molar-refractivity contribution in [3.05, 3.63) is 0 Å². The van der Waals surface area contributed by atoms with Gasteiger partial charge < -0.3 is 20.1 Å². The van der Waals surface area contributed by atoms with Gasteiger partial charge in [0.05, 0.1) is 18.4 Å². The minimum atomic E-state index is -0.335. The fourth-order valence-electron chi connectivity index (χ4n) is 4.90. The maximum Gasteiger partial charge on any atom is 0.306 e. The molecule has 0 spiro atoms. The average Bonchev–Trinajstić information content (AvgIpc) is 2.60. The third kappa shape index (κ3) is 6.73. The van der Waals surface area contributed by atoms with Gasteiger partial charge in [-0.25, -0.2) is 0 Å². The van der Waals surface area contributed by atoms with Crippen LogP contribution in [0.3, 0.4) is 0 Å². The first-order valence-corrected chi connectivity index (χ1v) is 10.6. The van der Waals surface area contributed by atoms with Crippen molar-refractivity contribution >= 4 is 11.9 Å². The van der Waals surface area contributed by atoms with Crippen LogP contribution in [-0.2, 0) is 19.1 Å². The summed E-state index contributed by atoms with van der Waals surface area (Å²) in [7, 11) is 0. The molecule has 2 N–H and O–H groups in total. The Hall–Kier alpha value is -1.14. The molecule has 0 amide bonds. The third-order valence-electron chi connectivity index (χ3n) is 5.77. The van der Waals surface area contributed by atoms with Gasteiger partial charge in [-0.05, 0) is 68.2 Å². The molecule has 6 heteroatoms. The molecular formula is C22H40N2O4. The molecular weight excluding hydrogens is 356 g/mol. The van der Waals surface area contributed by atoms with Gasteiger partial charge in [0, 0.05) is 29.5 Å². The number of hydrogen-bond donors (Lipinski definition) is 2. The Morgan fingerprint density at radius 3 is 1.86 bits per heavy atom. The molecule has 2 unspecified atom stereocenters. The lowest BCUT2D eigenvalue weighted by Gasteiger charge is -2.34. The Morgan fingerprint density at radius 1 is 0.786 bits per heavy atom. The van der Waals surface area contributed by atoms with Crippen LogP contribution < -0.4 is 10.6 Å². The van der Waals surface area contributed by atoms with Gasteiger partial charge in [0.1, 0.15) is 12.2 Å². The lowest BCUT2D eigenvalue weighted by Crippen LogP contribution is -2.50. The zero-order valence-electron chi connectivity index (χ0n) is 19.0. The molecule has 2 saturated heterocycles. The van der Waals surface area contributed by atoms with Gasteiger partial charge in [-0.1, -0.05) is 0 Å². The molecule has 2 heterocycles. The van der Waals surface area contributed by atoms with E-state index in [4.69, 9.17) is 9.47 Å². The second-order valence-electron chi connectivity index (χ2n) is 11.2. The predicted molar refractivity (Wildman–Crippen MR) is 110 cm³/mol. The van der Waals surface area contributed by atoms with E-state index >= 15 is 0 Å². The van der Waals surface area contributed by atoms with E-state index in [9.17, 15) is 9.59 Å². The zero-order valence-corrected chi connectivity index (χ0v) is 19.0. The maximum atomic E-state index is 12.3. The van der Waals surface area contributed by atoms with Crippen molar-refractivity contribution in [3.8, 4) is 0 Å². The van der Waals surface area contributed by atoms with Crippen LogP contribution in [0.5, 0.6) is 0 Å². The van der Waals surface area contributed by atoms with Gasteiger partial charge in [-0.2, -0.15) is 0 Å². The molecule has 162 valence electrons. The molecule has 0 bridgehead atoms. The number of carbonyl (C=O) groups excluding carboxylic acids is 2. The molecule has 2 atom stereocenters. The van der Waals surface area contributed by atoms with Gasteiger partial charge in [0.25, 0.3) is 0 Å². The van der Waals surface area contributed by atoms with Crippen molar-refractivity contribution in [2.75, 3.05) is 0 Å². The number of hydrogen-bond acceptors (Lipinski definition) is 6. The molecule has 2 rings (SSSR count). The Labute approximate surface area is 170 Å². The topological polar surface area (TPSA) is 76.7 Å². The van der Waals surface area contributed by atoms with Crippen molar-refractivity contribution in [2.45, 2.75) is 128 Å². The number of esters is 2. The van der Waals surface area contributed by atoms with Crippen LogP contribution in [0.15, 0.2) is 0 Å². The highest BCUT2D eigenvalue weighted by Gasteiger charge is 2.46. The summed E-state index contributed by atoms with van der Waals surface area (Å²) in [5, 5.41) is 7.12. The van der Waals surface area contributed by atoms with E-state index in [1.807, 2.05) is 13.8 Å². The molecule has 0 aromatic rings. The first-order valence-electron chi connectivity index (χ1n) is 10.6. The summed E-state index contributed by atoms with van der Waals surface area (Å²) in [5.41, 5.74) is -0.422. The summed E-state index contributed by atoms with van der Waals surface area (Å²) in [6.45, 7) is 16.9. The van der Waals surface area contributed by atoms with Gasteiger partial charge in [0.15, 0.2) is 0 Å². The summed E-state index contributed by atoms with van der Waals surface area (Å²) in [5.74, 6) is -0.653. The third-order valence-corrected chi connectivity index (χ3v) is 5.77.